The van der Waals surface area contributed by atoms with E-state index in [1.807, 2.05) is 12.1 Å². The Morgan fingerprint density at radius 3 is 2.32 bits per heavy atom. The minimum atomic E-state index is 0.408. The molecule has 1 unspecified atom stereocenters. The van der Waals surface area contributed by atoms with Gasteiger partial charge in [-0.25, -0.2) is 0 Å². The van der Waals surface area contributed by atoms with Gasteiger partial charge >= 0.3 is 0 Å². The van der Waals surface area contributed by atoms with E-state index in [0.717, 1.165) is 23.9 Å². The molecule has 2 rings (SSSR count). The number of hydrogen-bond donors (Lipinski definition) is 1. The van der Waals surface area contributed by atoms with Crippen molar-refractivity contribution in [1.82, 2.24) is 5.32 Å². The number of benzene rings is 1. The summed E-state index contributed by atoms with van der Waals surface area (Å²) in [4.78, 5) is 0. The summed E-state index contributed by atoms with van der Waals surface area (Å²) in [5.74, 6) is 0.758. The number of rotatable bonds is 5. The summed E-state index contributed by atoms with van der Waals surface area (Å²) in [6.07, 6.45) is 1.09. The summed E-state index contributed by atoms with van der Waals surface area (Å²) in [5, 5.41) is 4.55. The zero-order valence-corrected chi connectivity index (χ0v) is 13.5. The maximum absolute atomic E-state index is 6.08. The number of nitrogens with one attached hydrogen (secondary N) is 1. The molecule has 1 nitrogen and oxygen atoms in total. The molecule has 0 heterocycles. The first kappa shape index (κ1) is 14.9. The highest BCUT2D eigenvalue weighted by atomic mass is 35.5. The molecule has 0 radical (unpaired) electrons. The minimum absolute atomic E-state index is 0.408. The molecule has 0 bridgehead atoms. The standard InChI is InChI=1S/C17H26ClN/c1-6-14(12-8-7-9-13(18)10-12)19-11-15-16(2,3)17(15,4)5/h7-10,14-15,19H,6,11H2,1-5H3. The van der Waals surface area contributed by atoms with Crippen molar-refractivity contribution in [3.05, 3.63) is 34.9 Å². The molecule has 0 aromatic heterocycles. The summed E-state index contributed by atoms with van der Waals surface area (Å²) in [6, 6.07) is 8.62. The van der Waals surface area contributed by atoms with Gasteiger partial charge in [-0.2, -0.15) is 0 Å². The average Bonchev–Trinajstić information content (AvgIpc) is 2.72. The highest BCUT2D eigenvalue weighted by molar-refractivity contribution is 6.30. The third-order valence-electron chi connectivity index (χ3n) is 5.55. The van der Waals surface area contributed by atoms with Gasteiger partial charge in [0.05, 0.1) is 0 Å². The first-order valence-electron chi connectivity index (χ1n) is 7.29. The molecule has 0 spiro atoms. The lowest BCUT2D eigenvalue weighted by Crippen LogP contribution is -2.24. The molecule has 106 valence electrons. The van der Waals surface area contributed by atoms with Crippen molar-refractivity contribution in [1.29, 1.82) is 0 Å². The number of halogens is 1. The van der Waals surface area contributed by atoms with Crippen molar-refractivity contribution >= 4 is 11.6 Å². The zero-order valence-electron chi connectivity index (χ0n) is 12.8. The molecule has 1 atom stereocenters. The van der Waals surface area contributed by atoms with Crippen LogP contribution in [-0.2, 0) is 0 Å². The normalized spacial score (nSPS) is 22.2. The maximum atomic E-state index is 6.08. The molecule has 1 saturated carbocycles. The fraction of sp³-hybridized carbons (Fsp3) is 0.647. The van der Waals surface area contributed by atoms with Crippen LogP contribution in [0.15, 0.2) is 24.3 Å². The van der Waals surface area contributed by atoms with Crippen LogP contribution < -0.4 is 5.32 Å². The van der Waals surface area contributed by atoms with E-state index in [9.17, 15) is 0 Å². The molecule has 1 aliphatic rings. The van der Waals surface area contributed by atoms with E-state index in [2.05, 4.69) is 52.1 Å². The van der Waals surface area contributed by atoms with Crippen molar-refractivity contribution in [2.75, 3.05) is 6.54 Å². The van der Waals surface area contributed by atoms with E-state index in [1.54, 1.807) is 0 Å². The van der Waals surface area contributed by atoms with Crippen molar-refractivity contribution in [3.8, 4) is 0 Å². The van der Waals surface area contributed by atoms with Gasteiger partial charge in [0.2, 0.25) is 0 Å². The largest absolute Gasteiger partial charge is 0.310 e. The summed E-state index contributed by atoms with van der Waals surface area (Å²) >= 11 is 6.08. The summed E-state index contributed by atoms with van der Waals surface area (Å²) in [6.45, 7) is 12.8. The van der Waals surface area contributed by atoms with Gasteiger partial charge < -0.3 is 5.32 Å². The van der Waals surface area contributed by atoms with Crippen molar-refractivity contribution in [3.63, 3.8) is 0 Å². The van der Waals surface area contributed by atoms with Crippen molar-refractivity contribution < 1.29 is 0 Å². The quantitative estimate of drug-likeness (QED) is 0.794. The van der Waals surface area contributed by atoms with Crippen LogP contribution in [0.1, 0.15) is 52.6 Å². The van der Waals surface area contributed by atoms with E-state index in [-0.39, 0.29) is 0 Å². The van der Waals surface area contributed by atoms with Gasteiger partial charge in [-0.3, -0.25) is 0 Å². The Morgan fingerprint density at radius 2 is 1.84 bits per heavy atom. The molecular weight excluding hydrogens is 254 g/mol. The van der Waals surface area contributed by atoms with Gasteiger partial charge in [0.15, 0.2) is 0 Å². The summed E-state index contributed by atoms with van der Waals surface area (Å²) in [5.41, 5.74) is 2.20. The average molecular weight is 280 g/mol. The van der Waals surface area contributed by atoms with Crippen LogP contribution in [0, 0.1) is 16.7 Å². The van der Waals surface area contributed by atoms with Gasteiger partial charge in [-0.05, 0) is 47.4 Å². The zero-order chi connectivity index (χ0) is 14.3. The SMILES string of the molecule is CCC(NCC1C(C)(C)C1(C)C)c1cccc(Cl)c1. The van der Waals surface area contributed by atoms with Gasteiger partial charge in [0.25, 0.3) is 0 Å². The lowest BCUT2D eigenvalue weighted by atomic mass is 10.0. The van der Waals surface area contributed by atoms with Crippen LogP contribution in [0.2, 0.25) is 5.02 Å². The predicted molar refractivity (Wildman–Crippen MR) is 83.5 cm³/mol. The van der Waals surface area contributed by atoms with E-state index >= 15 is 0 Å². The maximum Gasteiger partial charge on any atom is 0.0409 e. The van der Waals surface area contributed by atoms with Crippen LogP contribution in [0.5, 0.6) is 0 Å². The Bertz CT molecular complexity index is 436. The molecule has 1 fully saturated rings. The fourth-order valence-electron chi connectivity index (χ4n) is 3.32. The van der Waals surface area contributed by atoms with Crippen LogP contribution >= 0.6 is 11.6 Å². The third kappa shape index (κ3) is 2.68. The van der Waals surface area contributed by atoms with Crippen LogP contribution in [0.4, 0.5) is 0 Å². The number of hydrogen-bond acceptors (Lipinski definition) is 1. The smallest absolute Gasteiger partial charge is 0.0409 e. The second kappa shape index (κ2) is 5.10. The Kier molecular flexibility index (Phi) is 3.99. The fourth-order valence-corrected chi connectivity index (χ4v) is 3.52. The van der Waals surface area contributed by atoms with E-state index in [0.29, 0.717) is 16.9 Å². The monoisotopic (exact) mass is 279 g/mol. The molecule has 0 amide bonds. The Hall–Kier alpha value is -0.530. The highest BCUT2D eigenvalue weighted by Crippen LogP contribution is 2.68. The molecule has 1 aromatic rings. The first-order valence-corrected chi connectivity index (χ1v) is 7.67. The van der Waals surface area contributed by atoms with Crippen LogP contribution in [-0.4, -0.2) is 6.54 Å². The topological polar surface area (TPSA) is 12.0 Å². The Balaban J connectivity index is 1.98. The minimum Gasteiger partial charge on any atom is -0.310 e. The molecule has 19 heavy (non-hydrogen) atoms. The molecule has 1 aromatic carbocycles. The second-order valence-electron chi connectivity index (χ2n) is 6.92. The Morgan fingerprint density at radius 1 is 1.21 bits per heavy atom. The molecule has 2 heteroatoms. The molecule has 0 saturated heterocycles. The predicted octanol–water partition coefficient (Wildman–Crippen LogP) is 5.06. The first-order chi connectivity index (χ1) is 8.80. The van der Waals surface area contributed by atoms with Gasteiger partial charge in [0.1, 0.15) is 0 Å². The lowest BCUT2D eigenvalue weighted by molar-refractivity contribution is 0.457. The molecule has 1 N–H and O–H groups in total. The third-order valence-corrected chi connectivity index (χ3v) is 5.78. The van der Waals surface area contributed by atoms with Gasteiger partial charge in [-0.15, -0.1) is 0 Å². The summed E-state index contributed by atoms with van der Waals surface area (Å²) in [7, 11) is 0. The molecule has 1 aliphatic carbocycles. The molecule has 0 aliphatic heterocycles. The summed E-state index contributed by atoms with van der Waals surface area (Å²) < 4.78 is 0. The van der Waals surface area contributed by atoms with E-state index in [1.165, 1.54) is 5.56 Å². The Labute approximate surface area is 122 Å². The van der Waals surface area contributed by atoms with Gasteiger partial charge in [-0.1, -0.05) is 58.4 Å². The van der Waals surface area contributed by atoms with E-state index in [4.69, 9.17) is 11.6 Å². The van der Waals surface area contributed by atoms with Crippen LogP contribution in [0.25, 0.3) is 0 Å². The van der Waals surface area contributed by atoms with E-state index < -0.39 is 0 Å². The highest BCUT2D eigenvalue weighted by Gasteiger charge is 2.63. The second-order valence-corrected chi connectivity index (χ2v) is 7.36. The van der Waals surface area contributed by atoms with Crippen molar-refractivity contribution in [2.45, 2.75) is 47.1 Å². The van der Waals surface area contributed by atoms with Gasteiger partial charge in [0, 0.05) is 11.1 Å². The molecular formula is C17H26ClN. The van der Waals surface area contributed by atoms with Crippen LogP contribution in [0.3, 0.4) is 0 Å². The van der Waals surface area contributed by atoms with Crippen molar-refractivity contribution in [2.24, 2.45) is 16.7 Å². The lowest BCUT2D eigenvalue weighted by Gasteiger charge is -2.18.